The van der Waals surface area contributed by atoms with Gasteiger partial charge in [0.05, 0.1) is 17.3 Å². The van der Waals surface area contributed by atoms with Crippen LogP contribution >= 0.6 is 34.5 Å². The third-order valence-corrected chi connectivity index (χ3v) is 5.71. The molecule has 0 unspecified atom stereocenters. The molecule has 0 amide bonds. The second kappa shape index (κ2) is 11.1. The fourth-order valence-corrected chi connectivity index (χ4v) is 4.08. The SMILES string of the molecule is O=C(CCCOc1ccc(Cl)cc1Cl)Oc1cccc(Nc2nc(-c3ccccn3)cs2)c1. The average Bonchev–Trinajstić information content (AvgIpc) is 3.27. The van der Waals surface area contributed by atoms with E-state index < -0.39 is 0 Å². The molecule has 4 rings (SSSR count). The lowest BCUT2D eigenvalue weighted by Gasteiger charge is -2.09. The molecule has 0 spiro atoms. The number of rotatable bonds is 9. The van der Waals surface area contributed by atoms with E-state index in [1.165, 1.54) is 11.3 Å². The summed E-state index contributed by atoms with van der Waals surface area (Å²) in [6.45, 7) is 0.334. The van der Waals surface area contributed by atoms with Gasteiger partial charge in [0, 0.05) is 34.8 Å². The van der Waals surface area contributed by atoms with Gasteiger partial charge in [0.1, 0.15) is 17.2 Å². The Hall–Kier alpha value is -3.13. The number of aromatic nitrogens is 2. The molecule has 0 saturated heterocycles. The molecule has 1 N–H and O–H groups in total. The van der Waals surface area contributed by atoms with E-state index in [2.05, 4.69) is 15.3 Å². The van der Waals surface area contributed by atoms with Gasteiger partial charge in [0.25, 0.3) is 0 Å². The summed E-state index contributed by atoms with van der Waals surface area (Å²) in [6, 6.07) is 17.9. The summed E-state index contributed by atoms with van der Waals surface area (Å²) in [6.07, 6.45) is 2.44. The molecule has 168 valence electrons. The molecule has 2 aromatic heterocycles. The fourth-order valence-electron chi connectivity index (χ4n) is 2.90. The lowest BCUT2D eigenvalue weighted by atomic mass is 10.3. The smallest absolute Gasteiger partial charge is 0.311 e. The van der Waals surface area contributed by atoms with Gasteiger partial charge in [-0.05, 0) is 48.9 Å². The Morgan fingerprint density at radius 2 is 1.94 bits per heavy atom. The van der Waals surface area contributed by atoms with Crippen LogP contribution in [0.15, 0.2) is 72.2 Å². The number of nitrogens with one attached hydrogen (secondary N) is 1. The van der Waals surface area contributed by atoms with Crippen LogP contribution < -0.4 is 14.8 Å². The Kier molecular flexibility index (Phi) is 7.78. The number of carbonyl (C=O) groups excluding carboxylic acids is 1. The second-order valence-electron chi connectivity index (χ2n) is 6.91. The zero-order valence-electron chi connectivity index (χ0n) is 17.3. The Balaban J connectivity index is 1.26. The molecule has 33 heavy (non-hydrogen) atoms. The summed E-state index contributed by atoms with van der Waals surface area (Å²) in [5.74, 6) is 0.638. The molecule has 0 radical (unpaired) electrons. The van der Waals surface area contributed by atoms with E-state index in [4.69, 9.17) is 32.7 Å². The molecule has 0 fully saturated rings. The van der Waals surface area contributed by atoms with E-state index in [1.54, 1.807) is 36.5 Å². The van der Waals surface area contributed by atoms with E-state index in [0.29, 0.717) is 34.6 Å². The molecule has 0 atom stereocenters. The van der Waals surface area contributed by atoms with Crippen molar-refractivity contribution < 1.29 is 14.3 Å². The number of nitrogens with zero attached hydrogens (tertiary/aromatic N) is 2. The highest BCUT2D eigenvalue weighted by atomic mass is 35.5. The Morgan fingerprint density at radius 1 is 1.03 bits per heavy atom. The maximum absolute atomic E-state index is 12.2. The number of hydrogen-bond donors (Lipinski definition) is 1. The number of carbonyl (C=O) groups is 1. The van der Waals surface area contributed by atoms with Gasteiger partial charge in [0.15, 0.2) is 5.13 Å². The van der Waals surface area contributed by atoms with Gasteiger partial charge in [-0.15, -0.1) is 11.3 Å². The largest absolute Gasteiger partial charge is 0.492 e. The number of halogens is 2. The predicted octanol–water partition coefficient (Wildman–Crippen LogP) is 7.02. The van der Waals surface area contributed by atoms with Gasteiger partial charge in [-0.1, -0.05) is 35.3 Å². The normalized spacial score (nSPS) is 10.6. The summed E-state index contributed by atoms with van der Waals surface area (Å²) in [5.41, 5.74) is 2.38. The average molecular weight is 500 g/mol. The molecule has 2 heterocycles. The van der Waals surface area contributed by atoms with Gasteiger partial charge >= 0.3 is 5.97 Å². The lowest BCUT2D eigenvalue weighted by Crippen LogP contribution is -2.10. The van der Waals surface area contributed by atoms with E-state index >= 15 is 0 Å². The Morgan fingerprint density at radius 3 is 2.76 bits per heavy atom. The maximum atomic E-state index is 12.2. The van der Waals surface area contributed by atoms with Crippen molar-refractivity contribution in [2.75, 3.05) is 11.9 Å². The van der Waals surface area contributed by atoms with Gasteiger partial charge in [-0.25, -0.2) is 4.98 Å². The fraction of sp³-hybridized carbons (Fsp3) is 0.125. The molecular formula is C24H19Cl2N3O3S. The van der Waals surface area contributed by atoms with E-state index in [1.807, 2.05) is 35.7 Å². The molecule has 2 aromatic carbocycles. The molecule has 0 saturated carbocycles. The zero-order valence-corrected chi connectivity index (χ0v) is 19.7. The lowest BCUT2D eigenvalue weighted by molar-refractivity contribution is -0.134. The second-order valence-corrected chi connectivity index (χ2v) is 8.61. The van der Waals surface area contributed by atoms with Crippen molar-refractivity contribution in [3.63, 3.8) is 0 Å². The summed E-state index contributed by atoms with van der Waals surface area (Å²) < 4.78 is 11.0. The number of ether oxygens (including phenoxy) is 2. The van der Waals surface area contributed by atoms with E-state index in [0.717, 1.165) is 22.2 Å². The molecule has 0 aliphatic rings. The molecule has 6 nitrogen and oxygen atoms in total. The quantitative estimate of drug-likeness (QED) is 0.151. The molecule has 9 heteroatoms. The van der Waals surface area contributed by atoms with E-state index in [9.17, 15) is 4.79 Å². The minimum Gasteiger partial charge on any atom is -0.492 e. The van der Waals surface area contributed by atoms with Gasteiger partial charge < -0.3 is 14.8 Å². The van der Waals surface area contributed by atoms with Crippen LogP contribution in [0.5, 0.6) is 11.5 Å². The van der Waals surface area contributed by atoms with Crippen LogP contribution in [0.3, 0.4) is 0 Å². The minimum atomic E-state index is -0.343. The molecular weight excluding hydrogens is 481 g/mol. The number of hydrogen-bond acceptors (Lipinski definition) is 7. The number of pyridine rings is 1. The van der Waals surface area contributed by atoms with Crippen LogP contribution in [0.4, 0.5) is 10.8 Å². The maximum Gasteiger partial charge on any atom is 0.311 e. The molecule has 4 aromatic rings. The van der Waals surface area contributed by atoms with Crippen molar-refractivity contribution in [3.05, 3.63) is 82.3 Å². The van der Waals surface area contributed by atoms with Crippen LogP contribution in [0, 0.1) is 0 Å². The topological polar surface area (TPSA) is 73.3 Å². The predicted molar refractivity (Wildman–Crippen MR) is 132 cm³/mol. The van der Waals surface area contributed by atoms with Crippen LogP contribution in [0.25, 0.3) is 11.4 Å². The molecule has 0 bridgehead atoms. The van der Waals surface area contributed by atoms with Crippen molar-refractivity contribution in [2.45, 2.75) is 12.8 Å². The standard InChI is InChI=1S/C24H19Cl2N3O3S/c25-16-9-10-22(19(26)13-16)31-12-4-8-23(30)32-18-6-3-5-17(14-18)28-24-29-21(15-33-24)20-7-1-2-11-27-20/h1-3,5-7,9-11,13-15H,4,8,12H2,(H,28,29). The Labute approximate surface area is 205 Å². The van der Waals surface area contributed by atoms with Crippen molar-refractivity contribution in [1.29, 1.82) is 0 Å². The van der Waals surface area contributed by atoms with Gasteiger partial charge in [-0.3, -0.25) is 9.78 Å². The van der Waals surface area contributed by atoms with Crippen LogP contribution in [-0.2, 0) is 4.79 Å². The highest BCUT2D eigenvalue weighted by molar-refractivity contribution is 7.14. The first-order chi connectivity index (χ1) is 16.1. The number of esters is 1. The molecule has 0 aliphatic heterocycles. The van der Waals surface area contributed by atoms with Crippen LogP contribution in [0.2, 0.25) is 10.0 Å². The van der Waals surface area contributed by atoms with Crippen molar-refractivity contribution in [2.24, 2.45) is 0 Å². The number of thiazole rings is 1. The summed E-state index contributed by atoms with van der Waals surface area (Å²) >= 11 is 13.4. The Bertz CT molecular complexity index is 1230. The molecule has 0 aliphatic carbocycles. The first kappa shape index (κ1) is 23.0. The minimum absolute atomic E-state index is 0.211. The van der Waals surface area contributed by atoms with Crippen molar-refractivity contribution in [3.8, 4) is 22.9 Å². The first-order valence-electron chi connectivity index (χ1n) is 10.1. The van der Waals surface area contributed by atoms with Crippen LogP contribution in [-0.4, -0.2) is 22.5 Å². The zero-order chi connectivity index (χ0) is 23.0. The van der Waals surface area contributed by atoms with Crippen molar-refractivity contribution in [1.82, 2.24) is 9.97 Å². The summed E-state index contributed by atoms with van der Waals surface area (Å²) in [4.78, 5) is 21.1. The van der Waals surface area contributed by atoms with E-state index in [-0.39, 0.29) is 12.4 Å². The van der Waals surface area contributed by atoms with Crippen molar-refractivity contribution >= 4 is 51.3 Å². The third kappa shape index (κ3) is 6.68. The monoisotopic (exact) mass is 499 g/mol. The number of benzene rings is 2. The highest BCUT2D eigenvalue weighted by Crippen LogP contribution is 2.29. The number of anilines is 2. The summed E-state index contributed by atoms with van der Waals surface area (Å²) in [5, 5.41) is 6.86. The summed E-state index contributed by atoms with van der Waals surface area (Å²) in [7, 11) is 0. The first-order valence-corrected chi connectivity index (χ1v) is 11.7. The van der Waals surface area contributed by atoms with Gasteiger partial charge in [-0.2, -0.15) is 0 Å². The van der Waals surface area contributed by atoms with Crippen LogP contribution in [0.1, 0.15) is 12.8 Å². The van der Waals surface area contributed by atoms with Gasteiger partial charge in [0.2, 0.25) is 0 Å². The third-order valence-electron chi connectivity index (χ3n) is 4.43. The highest BCUT2D eigenvalue weighted by Gasteiger charge is 2.09.